The molecule has 2 aliphatic rings. The minimum Gasteiger partial charge on any atom is -0.480 e. The highest BCUT2D eigenvalue weighted by atomic mass is 127. The van der Waals surface area contributed by atoms with E-state index in [1.807, 2.05) is 54.1 Å². The molecule has 2 atom stereocenters. The fourth-order valence-electron chi connectivity index (χ4n) is 6.71. The number of carbonyl (C=O) groups is 2. The summed E-state index contributed by atoms with van der Waals surface area (Å²) in [4.78, 5) is 33.2. The number of hydrogen-bond acceptors (Lipinski definition) is 9. The summed E-state index contributed by atoms with van der Waals surface area (Å²) in [5, 5.41) is 0. The molecule has 2 aliphatic heterocycles. The third kappa shape index (κ3) is 11.0. The number of rotatable bonds is 9. The van der Waals surface area contributed by atoms with Gasteiger partial charge >= 0.3 is 12.4 Å². The van der Waals surface area contributed by atoms with Gasteiger partial charge in [-0.3, -0.25) is 9.59 Å². The van der Waals surface area contributed by atoms with Gasteiger partial charge in [0.15, 0.2) is 31.9 Å². The van der Waals surface area contributed by atoms with E-state index in [1.165, 1.54) is 9.80 Å². The maximum absolute atomic E-state index is 13.4. The first-order chi connectivity index (χ1) is 29.2. The lowest BCUT2D eigenvalue weighted by Crippen LogP contribution is -2.32. The highest BCUT2D eigenvalue weighted by Gasteiger charge is 2.40. The number of ether oxygens (including phenoxy) is 2. The van der Waals surface area contributed by atoms with Crippen LogP contribution in [0.25, 0.3) is 5.69 Å². The zero-order valence-electron chi connectivity index (χ0n) is 34.1. The quantitative estimate of drug-likeness (QED) is 0.105. The third-order valence-electron chi connectivity index (χ3n) is 10.2. The molecule has 4 aromatic carbocycles. The average molecular weight is 1030 g/mol. The second-order valence-electron chi connectivity index (χ2n) is 15.0. The Morgan fingerprint density at radius 1 is 0.651 bits per heavy atom. The number of amides is 2. The summed E-state index contributed by atoms with van der Waals surface area (Å²) >= 11 is 2.15. The molecule has 0 spiro atoms. The largest absolute Gasteiger partial charge is 0.480 e. The van der Waals surface area contributed by atoms with Crippen LogP contribution in [0, 0.1) is 10.5 Å². The summed E-state index contributed by atoms with van der Waals surface area (Å²) in [5.41, 5.74) is 4.05. The van der Waals surface area contributed by atoms with Crippen LogP contribution in [0.5, 0.6) is 11.5 Å². The van der Waals surface area contributed by atoms with Gasteiger partial charge in [-0.25, -0.2) is 21.8 Å². The predicted molar refractivity (Wildman–Crippen MR) is 226 cm³/mol. The SMILES string of the molecule is C[C@H](Oc1ccc(S(C)(=O)=O)cc1C(=O)N1Cc2ccc(I)cc2C1)C(F)(F)F.Cc1nccn1-c1ccc2c(c1)CN(C(=O)c1cc(S(C)(=O)=O)ccc1O[C@@H](C)C(F)(F)F)C2. The van der Waals surface area contributed by atoms with E-state index in [0.29, 0.717) is 0 Å². The Morgan fingerprint density at radius 3 is 1.49 bits per heavy atom. The van der Waals surface area contributed by atoms with Gasteiger partial charge in [0, 0.05) is 60.3 Å². The molecule has 0 N–H and O–H groups in total. The van der Waals surface area contributed by atoms with E-state index in [9.17, 15) is 52.8 Å². The molecule has 0 bridgehead atoms. The first-order valence-electron chi connectivity index (χ1n) is 18.8. The number of sulfone groups is 2. The van der Waals surface area contributed by atoms with E-state index in [4.69, 9.17) is 9.47 Å². The Bertz CT molecular complexity index is 2810. The van der Waals surface area contributed by atoms with Crippen molar-refractivity contribution in [3.05, 3.63) is 128 Å². The highest BCUT2D eigenvalue weighted by molar-refractivity contribution is 14.1. The third-order valence-corrected chi connectivity index (χ3v) is 13.1. The number of fused-ring (bicyclic) bond motifs is 2. The van der Waals surface area contributed by atoms with E-state index in [1.54, 1.807) is 6.20 Å². The first-order valence-corrected chi connectivity index (χ1v) is 23.7. The van der Waals surface area contributed by atoms with E-state index in [-0.39, 0.29) is 58.6 Å². The summed E-state index contributed by atoms with van der Waals surface area (Å²) in [5.74, 6) is -1.05. The standard InChI is InChI=1S/C23H22F3N3O4S.C19H17F3INO4S/c1-14(23(24,25)26)33-21-7-6-19(34(3,31)32)11-20(21)22(30)28-12-16-4-5-18(10-17(16)13-28)29-9-8-27-15(29)2;1-11(19(20,21)22)28-17-6-5-15(29(2,26)27)8-16(17)18(25)24-9-12-3-4-14(23)7-13(12)10-24/h4-11,14H,12-13H2,1-3H3;3-8,11H,9-10H2,1-2H3/t14-;11-/m00/s1. The van der Waals surface area contributed by atoms with Crippen molar-refractivity contribution < 1.29 is 62.2 Å². The van der Waals surface area contributed by atoms with E-state index >= 15 is 0 Å². The second kappa shape index (κ2) is 17.8. The molecule has 0 aliphatic carbocycles. The lowest BCUT2D eigenvalue weighted by atomic mass is 10.1. The Hall–Kier alpha value is -5.16. The molecule has 12 nitrogen and oxygen atoms in total. The predicted octanol–water partition coefficient (Wildman–Crippen LogP) is 8.25. The van der Waals surface area contributed by atoms with Crippen molar-refractivity contribution in [3.8, 4) is 17.2 Å². The number of carbonyl (C=O) groups excluding carboxylic acids is 2. The van der Waals surface area contributed by atoms with Gasteiger partial charge in [0.25, 0.3) is 11.8 Å². The molecule has 0 saturated carbocycles. The summed E-state index contributed by atoms with van der Waals surface area (Å²) in [7, 11) is -7.37. The van der Waals surface area contributed by atoms with Gasteiger partial charge in [-0.2, -0.15) is 26.3 Å². The minimum atomic E-state index is -4.65. The maximum Gasteiger partial charge on any atom is 0.425 e. The van der Waals surface area contributed by atoms with Gasteiger partial charge in [-0.1, -0.05) is 12.1 Å². The molecule has 63 heavy (non-hydrogen) atoms. The van der Waals surface area contributed by atoms with Crippen molar-refractivity contribution in [2.75, 3.05) is 12.5 Å². The molecule has 336 valence electrons. The van der Waals surface area contributed by atoms with Gasteiger partial charge in [0.1, 0.15) is 17.3 Å². The van der Waals surface area contributed by atoms with Gasteiger partial charge in [0.05, 0.1) is 20.9 Å². The smallest absolute Gasteiger partial charge is 0.425 e. The first kappa shape index (κ1) is 47.3. The number of aromatic nitrogens is 2. The van der Waals surface area contributed by atoms with Crippen LogP contribution in [0.3, 0.4) is 0 Å². The molecule has 5 aromatic rings. The van der Waals surface area contributed by atoms with Crippen molar-refractivity contribution in [2.45, 2.75) is 81.3 Å². The van der Waals surface area contributed by atoms with E-state index in [2.05, 4.69) is 27.6 Å². The molecule has 21 heteroatoms. The van der Waals surface area contributed by atoms with Gasteiger partial charge < -0.3 is 23.8 Å². The summed E-state index contributed by atoms with van der Waals surface area (Å²) in [6.45, 7) is 4.52. The monoisotopic (exact) mass is 1030 g/mol. The van der Waals surface area contributed by atoms with Gasteiger partial charge in [-0.05, 0) is 126 Å². The van der Waals surface area contributed by atoms with E-state index < -0.39 is 56.0 Å². The van der Waals surface area contributed by atoms with E-state index in [0.717, 1.165) is 100 Å². The Morgan fingerprint density at radius 2 is 1.08 bits per heavy atom. The Labute approximate surface area is 372 Å². The summed E-state index contributed by atoms with van der Waals surface area (Å²) < 4.78 is 139. The highest BCUT2D eigenvalue weighted by Crippen LogP contribution is 2.35. The van der Waals surface area contributed by atoms with Gasteiger partial charge in [0.2, 0.25) is 0 Å². The van der Waals surface area contributed by atoms with Crippen LogP contribution in [0.1, 0.15) is 62.6 Å². The van der Waals surface area contributed by atoms with Crippen molar-refractivity contribution >= 4 is 54.1 Å². The lowest BCUT2D eigenvalue weighted by molar-refractivity contribution is -0.189. The molecule has 0 radical (unpaired) electrons. The molecule has 1 aromatic heterocycles. The van der Waals surface area contributed by atoms with Crippen LogP contribution < -0.4 is 9.47 Å². The van der Waals surface area contributed by atoms with Crippen LogP contribution in [0.2, 0.25) is 0 Å². The molecular weight excluding hydrogens is 994 g/mol. The second-order valence-corrected chi connectivity index (χ2v) is 20.3. The number of aryl methyl sites for hydroxylation is 1. The fraction of sp³-hybridized carbons (Fsp3) is 0.310. The number of benzene rings is 4. The van der Waals surface area contributed by atoms with Crippen molar-refractivity contribution in [2.24, 2.45) is 0 Å². The lowest BCUT2D eigenvalue weighted by Gasteiger charge is -2.22. The van der Waals surface area contributed by atoms with Crippen LogP contribution in [0.4, 0.5) is 26.3 Å². The number of hydrogen-bond donors (Lipinski definition) is 0. The molecule has 7 rings (SSSR count). The summed E-state index contributed by atoms with van der Waals surface area (Å²) in [6, 6.07) is 18.0. The van der Waals surface area contributed by atoms with Crippen LogP contribution in [-0.2, 0) is 45.9 Å². The molecule has 2 amide bonds. The van der Waals surface area contributed by atoms with Gasteiger partial charge in [-0.15, -0.1) is 0 Å². The maximum atomic E-state index is 13.4. The molecule has 3 heterocycles. The zero-order chi connectivity index (χ0) is 46.4. The number of alkyl halides is 6. The molecule has 0 unspecified atom stereocenters. The average Bonchev–Trinajstić information content (AvgIpc) is 3.94. The molecular formula is C42H39F6IN4O8S2. The Kier molecular flexibility index (Phi) is 13.4. The van der Waals surface area contributed by atoms with Crippen molar-refractivity contribution in [3.63, 3.8) is 0 Å². The minimum absolute atomic E-state index is 0.167. The summed E-state index contributed by atoms with van der Waals surface area (Å²) in [6.07, 6.45) is -8.20. The molecule has 0 saturated heterocycles. The van der Waals surface area contributed by atoms with Crippen molar-refractivity contribution in [1.82, 2.24) is 19.4 Å². The number of halogens is 7. The fourth-order valence-corrected chi connectivity index (χ4v) is 8.56. The zero-order valence-corrected chi connectivity index (χ0v) is 37.9. The number of imidazole rings is 1. The normalized spacial score (nSPS) is 14.9. The van der Waals surface area contributed by atoms with Crippen molar-refractivity contribution in [1.29, 1.82) is 0 Å². The topological polar surface area (TPSA) is 145 Å². The Balaban J connectivity index is 0.000000213. The number of nitrogens with zero attached hydrogens (tertiary/aromatic N) is 4. The van der Waals surface area contributed by atoms with Crippen LogP contribution in [0.15, 0.2) is 95.0 Å². The van der Waals surface area contributed by atoms with Crippen LogP contribution >= 0.6 is 22.6 Å². The molecule has 0 fully saturated rings. The van der Waals surface area contributed by atoms with Crippen LogP contribution in [-0.4, -0.2) is 85.1 Å².